The minimum Gasteiger partial charge on any atom is -0.353 e. The standard InChI is InChI=1S/C27H34N12O/c1-7-38-15(2)12-37(13-16(38)3)23-11-22(28-14-29-23)25-20-10-19(8-9-21(20)31-32-25)30-26(40)24-17(4)36(6)27-33-34-35-39(27)18(24)5/h8-11,14-16,18H,7,12-13H2,1-6H3,(H,30,40)(H,31,32)/t15-,16+,18-/m1/s1. The van der Waals surface area contributed by atoms with E-state index < -0.39 is 0 Å². The van der Waals surface area contributed by atoms with Gasteiger partial charge in [-0.15, -0.1) is 0 Å². The molecule has 208 valence electrons. The smallest absolute Gasteiger partial charge is 0.255 e. The number of nitrogens with zero attached hydrogens (tertiary/aromatic N) is 10. The SMILES string of the molecule is CCN1[C@H](C)CN(c2cc(-c3n[nH]c4ccc(NC(=O)C5=C(C)N(C)c6nnnn6[C@@H]5C)cc34)ncn2)C[C@@H]1C. The molecule has 1 aromatic carbocycles. The van der Waals surface area contributed by atoms with Gasteiger partial charge >= 0.3 is 0 Å². The summed E-state index contributed by atoms with van der Waals surface area (Å²) in [6.07, 6.45) is 1.60. The Morgan fingerprint density at radius 3 is 2.65 bits per heavy atom. The summed E-state index contributed by atoms with van der Waals surface area (Å²) in [5.74, 6) is 1.28. The van der Waals surface area contributed by atoms with Crippen molar-refractivity contribution >= 4 is 34.3 Å². The second-order valence-corrected chi connectivity index (χ2v) is 10.6. The van der Waals surface area contributed by atoms with E-state index in [0.717, 1.165) is 47.7 Å². The molecular weight excluding hydrogens is 508 g/mol. The Hall–Kier alpha value is -4.39. The van der Waals surface area contributed by atoms with Gasteiger partial charge in [0.1, 0.15) is 17.8 Å². The van der Waals surface area contributed by atoms with E-state index in [1.54, 1.807) is 11.0 Å². The van der Waals surface area contributed by atoms with Gasteiger partial charge in [-0.25, -0.2) is 14.6 Å². The number of allylic oxidation sites excluding steroid dienone is 1. The van der Waals surface area contributed by atoms with Crippen LogP contribution in [0.15, 0.2) is 41.9 Å². The van der Waals surface area contributed by atoms with E-state index in [1.807, 2.05) is 50.1 Å². The zero-order valence-electron chi connectivity index (χ0n) is 23.6. The maximum Gasteiger partial charge on any atom is 0.255 e. The molecule has 13 heteroatoms. The van der Waals surface area contributed by atoms with Crippen molar-refractivity contribution in [2.45, 2.75) is 52.7 Å². The van der Waals surface area contributed by atoms with Gasteiger partial charge in [-0.05, 0) is 62.9 Å². The van der Waals surface area contributed by atoms with Crippen LogP contribution in [0.25, 0.3) is 22.3 Å². The summed E-state index contributed by atoms with van der Waals surface area (Å²) in [6.45, 7) is 13.4. The zero-order valence-corrected chi connectivity index (χ0v) is 23.6. The lowest BCUT2D eigenvalue weighted by molar-refractivity contribution is -0.113. The molecule has 1 saturated heterocycles. The maximum atomic E-state index is 13.5. The van der Waals surface area contributed by atoms with Gasteiger partial charge in [-0.1, -0.05) is 12.0 Å². The van der Waals surface area contributed by atoms with E-state index in [1.165, 1.54) is 0 Å². The van der Waals surface area contributed by atoms with Gasteiger partial charge in [-0.3, -0.25) is 14.8 Å². The number of rotatable bonds is 5. The third kappa shape index (κ3) is 4.26. The first-order chi connectivity index (χ1) is 19.3. The molecule has 2 N–H and O–H groups in total. The molecule has 0 bridgehead atoms. The van der Waals surface area contributed by atoms with Gasteiger partial charge in [0.05, 0.1) is 22.8 Å². The summed E-state index contributed by atoms with van der Waals surface area (Å²) in [6, 6.07) is 8.25. The number of fused-ring (bicyclic) bond motifs is 2. The predicted molar refractivity (Wildman–Crippen MR) is 153 cm³/mol. The largest absolute Gasteiger partial charge is 0.353 e. The number of anilines is 3. The highest BCUT2D eigenvalue weighted by Gasteiger charge is 2.33. The number of amides is 1. The second-order valence-electron chi connectivity index (χ2n) is 10.6. The number of likely N-dealkylation sites (N-methyl/N-ethyl adjacent to an activating group) is 1. The maximum absolute atomic E-state index is 13.5. The quantitative estimate of drug-likeness (QED) is 0.387. The Labute approximate surface area is 232 Å². The van der Waals surface area contributed by atoms with Gasteiger partial charge in [0.2, 0.25) is 5.95 Å². The summed E-state index contributed by atoms with van der Waals surface area (Å²) < 4.78 is 1.65. The molecule has 3 atom stereocenters. The Kier molecular flexibility index (Phi) is 6.45. The van der Waals surface area contributed by atoms with Crippen LogP contribution in [0, 0.1) is 0 Å². The number of hydrogen-bond acceptors (Lipinski definition) is 10. The van der Waals surface area contributed by atoms with E-state index in [2.05, 4.69) is 71.6 Å². The highest BCUT2D eigenvalue weighted by atomic mass is 16.1. The molecule has 4 aromatic rings. The Bertz CT molecular complexity index is 1590. The number of benzene rings is 1. The fraction of sp³-hybridized carbons (Fsp3) is 0.444. The third-order valence-electron chi connectivity index (χ3n) is 8.20. The summed E-state index contributed by atoms with van der Waals surface area (Å²) in [7, 11) is 1.85. The predicted octanol–water partition coefficient (Wildman–Crippen LogP) is 2.85. The number of carbonyl (C=O) groups is 1. The number of hydrogen-bond donors (Lipinski definition) is 2. The van der Waals surface area contributed by atoms with Gasteiger partial charge in [0.15, 0.2) is 0 Å². The van der Waals surface area contributed by atoms with Crippen LogP contribution in [0.5, 0.6) is 0 Å². The van der Waals surface area contributed by atoms with Crippen molar-refractivity contribution in [3.63, 3.8) is 0 Å². The van der Waals surface area contributed by atoms with Gasteiger partial charge in [0, 0.05) is 55.1 Å². The van der Waals surface area contributed by atoms with Crippen molar-refractivity contribution in [2.75, 3.05) is 41.8 Å². The number of nitrogens with one attached hydrogen (secondary N) is 2. The molecule has 6 rings (SSSR count). The van der Waals surface area contributed by atoms with Crippen molar-refractivity contribution < 1.29 is 4.79 Å². The minimum absolute atomic E-state index is 0.207. The summed E-state index contributed by atoms with van der Waals surface area (Å²) >= 11 is 0. The lowest BCUT2D eigenvalue weighted by Crippen LogP contribution is -2.56. The summed E-state index contributed by atoms with van der Waals surface area (Å²) in [4.78, 5) is 29.3. The Balaban J connectivity index is 1.27. The number of aromatic amines is 1. The van der Waals surface area contributed by atoms with Gasteiger partial charge in [0.25, 0.3) is 5.91 Å². The molecule has 0 unspecified atom stereocenters. The molecule has 1 fully saturated rings. The van der Waals surface area contributed by atoms with Gasteiger partial charge < -0.3 is 15.1 Å². The van der Waals surface area contributed by atoms with Crippen molar-refractivity contribution in [2.24, 2.45) is 0 Å². The van der Waals surface area contributed by atoms with E-state index in [0.29, 0.717) is 35.0 Å². The molecule has 40 heavy (non-hydrogen) atoms. The first-order valence-electron chi connectivity index (χ1n) is 13.6. The highest BCUT2D eigenvalue weighted by Crippen LogP contribution is 2.34. The fourth-order valence-corrected chi connectivity index (χ4v) is 6.07. The molecular formula is C27H34N12O. The second kappa shape index (κ2) is 9.97. The molecule has 0 radical (unpaired) electrons. The van der Waals surface area contributed by atoms with E-state index in [4.69, 9.17) is 0 Å². The third-order valence-corrected chi connectivity index (χ3v) is 8.20. The van der Waals surface area contributed by atoms with Crippen molar-refractivity contribution in [3.8, 4) is 11.4 Å². The average Bonchev–Trinajstić information content (AvgIpc) is 3.60. The molecule has 5 heterocycles. The van der Waals surface area contributed by atoms with Gasteiger partial charge in [-0.2, -0.15) is 5.10 Å². The van der Waals surface area contributed by atoms with Crippen LogP contribution in [0.3, 0.4) is 0 Å². The Morgan fingerprint density at radius 2 is 1.90 bits per heavy atom. The number of aromatic nitrogens is 8. The molecule has 2 aliphatic rings. The van der Waals surface area contributed by atoms with Crippen molar-refractivity contribution in [1.29, 1.82) is 0 Å². The molecule has 1 amide bonds. The number of H-pyrrole nitrogens is 1. The van der Waals surface area contributed by atoms with Crippen LogP contribution in [-0.4, -0.2) is 89.9 Å². The number of carbonyl (C=O) groups excluding carboxylic acids is 1. The highest BCUT2D eigenvalue weighted by molar-refractivity contribution is 6.07. The Morgan fingerprint density at radius 1 is 1.12 bits per heavy atom. The van der Waals surface area contributed by atoms with Crippen LogP contribution in [0.2, 0.25) is 0 Å². The van der Waals surface area contributed by atoms with Crippen LogP contribution in [0.4, 0.5) is 17.5 Å². The normalized spacial score (nSPS) is 21.7. The molecule has 0 aliphatic carbocycles. The number of piperazine rings is 1. The lowest BCUT2D eigenvalue weighted by atomic mass is 10.0. The van der Waals surface area contributed by atoms with E-state index in [-0.39, 0.29) is 11.9 Å². The van der Waals surface area contributed by atoms with Crippen LogP contribution >= 0.6 is 0 Å². The molecule has 3 aromatic heterocycles. The van der Waals surface area contributed by atoms with Crippen LogP contribution in [0.1, 0.15) is 40.7 Å². The van der Waals surface area contributed by atoms with Crippen molar-refractivity contribution in [3.05, 3.63) is 41.9 Å². The molecule has 0 saturated carbocycles. The first-order valence-corrected chi connectivity index (χ1v) is 13.6. The van der Waals surface area contributed by atoms with Crippen LogP contribution < -0.4 is 15.1 Å². The summed E-state index contributed by atoms with van der Waals surface area (Å²) in [5, 5.41) is 23.5. The lowest BCUT2D eigenvalue weighted by Gasteiger charge is -2.44. The minimum atomic E-state index is -0.307. The van der Waals surface area contributed by atoms with E-state index >= 15 is 0 Å². The van der Waals surface area contributed by atoms with Crippen LogP contribution in [-0.2, 0) is 4.79 Å². The fourth-order valence-electron chi connectivity index (χ4n) is 6.07. The topological polar surface area (TPSA) is 137 Å². The summed E-state index contributed by atoms with van der Waals surface area (Å²) in [5.41, 5.74) is 4.35. The molecule has 13 nitrogen and oxygen atoms in total. The zero-order chi connectivity index (χ0) is 28.1. The molecule has 2 aliphatic heterocycles. The first kappa shape index (κ1) is 25.9. The van der Waals surface area contributed by atoms with Crippen molar-refractivity contribution in [1.82, 2.24) is 45.3 Å². The molecule has 0 spiro atoms. The average molecular weight is 543 g/mol. The monoisotopic (exact) mass is 542 g/mol. The van der Waals surface area contributed by atoms with E-state index in [9.17, 15) is 4.79 Å². The number of tetrazole rings is 1.